The molecule has 23 heavy (non-hydrogen) atoms. The largest absolute Gasteiger partial charge is 0.465 e. The number of esters is 1. The number of carbonyl (C=O) groups is 1. The quantitative estimate of drug-likeness (QED) is 0.670. The van der Waals surface area contributed by atoms with Gasteiger partial charge in [0.25, 0.3) is 0 Å². The van der Waals surface area contributed by atoms with Gasteiger partial charge in [-0.25, -0.2) is 4.79 Å². The average molecular weight is 377 g/mol. The van der Waals surface area contributed by atoms with E-state index >= 15 is 0 Å². The van der Waals surface area contributed by atoms with Crippen molar-refractivity contribution in [2.45, 2.75) is 25.4 Å². The van der Waals surface area contributed by atoms with Crippen LogP contribution in [0.3, 0.4) is 0 Å². The molecule has 3 nitrogen and oxygen atoms in total. The van der Waals surface area contributed by atoms with E-state index in [-0.39, 0.29) is 12.1 Å². The van der Waals surface area contributed by atoms with Gasteiger partial charge in [-0.15, -0.1) is 0 Å². The summed E-state index contributed by atoms with van der Waals surface area (Å²) in [6.45, 7) is 0. The number of hydrogen-bond donors (Lipinski definition) is 0. The standard InChI is InChI=1S/C19H21BrO3/c1-22-16(12-11-14-7-4-6-10-18(14)20)13-15-8-3-5-9-17(15)19(21)23-2/h3-10,16H,11-13H2,1-2H3. The third-order valence-corrected chi connectivity index (χ3v) is 4.67. The van der Waals surface area contributed by atoms with Crippen molar-refractivity contribution in [3.05, 3.63) is 69.7 Å². The van der Waals surface area contributed by atoms with Crippen LogP contribution in [-0.4, -0.2) is 26.3 Å². The van der Waals surface area contributed by atoms with E-state index in [1.54, 1.807) is 13.2 Å². The maximum absolute atomic E-state index is 11.9. The van der Waals surface area contributed by atoms with Crippen molar-refractivity contribution in [3.63, 3.8) is 0 Å². The monoisotopic (exact) mass is 376 g/mol. The number of rotatable bonds is 7. The molecule has 0 bridgehead atoms. The van der Waals surface area contributed by atoms with E-state index in [0.717, 1.165) is 22.9 Å². The highest BCUT2D eigenvalue weighted by Crippen LogP contribution is 2.21. The molecule has 0 aliphatic rings. The summed E-state index contributed by atoms with van der Waals surface area (Å²) in [5.74, 6) is -0.304. The van der Waals surface area contributed by atoms with Crippen molar-refractivity contribution >= 4 is 21.9 Å². The highest BCUT2D eigenvalue weighted by atomic mass is 79.9. The lowest BCUT2D eigenvalue weighted by Crippen LogP contribution is -2.17. The molecular weight excluding hydrogens is 356 g/mol. The van der Waals surface area contributed by atoms with Gasteiger partial charge < -0.3 is 9.47 Å². The minimum absolute atomic E-state index is 0.0490. The van der Waals surface area contributed by atoms with E-state index in [4.69, 9.17) is 9.47 Å². The minimum Gasteiger partial charge on any atom is -0.465 e. The molecule has 0 aliphatic carbocycles. The zero-order chi connectivity index (χ0) is 16.7. The smallest absolute Gasteiger partial charge is 0.338 e. The van der Waals surface area contributed by atoms with E-state index in [1.807, 2.05) is 36.4 Å². The summed E-state index contributed by atoms with van der Waals surface area (Å²) in [7, 11) is 3.12. The molecule has 0 spiro atoms. The summed E-state index contributed by atoms with van der Waals surface area (Å²) < 4.78 is 11.6. The second-order valence-corrected chi connectivity index (χ2v) is 6.19. The first-order valence-corrected chi connectivity index (χ1v) is 8.37. The van der Waals surface area contributed by atoms with E-state index in [1.165, 1.54) is 12.7 Å². The summed E-state index contributed by atoms with van der Waals surface area (Å²) in [5, 5.41) is 0. The van der Waals surface area contributed by atoms with Crippen LogP contribution in [-0.2, 0) is 22.3 Å². The molecular formula is C19H21BrO3. The van der Waals surface area contributed by atoms with E-state index < -0.39 is 0 Å². The van der Waals surface area contributed by atoms with Gasteiger partial charge in [-0.05, 0) is 42.5 Å². The number of halogens is 1. The van der Waals surface area contributed by atoms with E-state index in [2.05, 4.69) is 22.0 Å². The number of carbonyl (C=O) groups excluding carboxylic acids is 1. The van der Waals surface area contributed by atoms with Crippen molar-refractivity contribution < 1.29 is 14.3 Å². The topological polar surface area (TPSA) is 35.5 Å². The number of ether oxygens (including phenoxy) is 2. The zero-order valence-electron chi connectivity index (χ0n) is 13.4. The molecule has 0 aliphatic heterocycles. The average Bonchev–Trinajstić information content (AvgIpc) is 2.59. The Morgan fingerprint density at radius 3 is 2.35 bits per heavy atom. The summed E-state index contributed by atoms with van der Waals surface area (Å²) >= 11 is 3.57. The fourth-order valence-corrected chi connectivity index (χ4v) is 3.06. The Labute approximate surface area is 145 Å². The van der Waals surface area contributed by atoms with Gasteiger partial charge in [0.1, 0.15) is 0 Å². The number of benzene rings is 2. The zero-order valence-corrected chi connectivity index (χ0v) is 15.0. The molecule has 2 aromatic carbocycles. The normalized spacial score (nSPS) is 12.0. The molecule has 1 unspecified atom stereocenters. The van der Waals surface area contributed by atoms with Gasteiger partial charge in [0.15, 0.2) is 0 Å². The van der Waals surface area contributed by atoms with Gasteiger partial charge in [0.2, 0.25) is 0 Å². The van der Waals surface area contributed by atoms with Crippen LogP contribution in [0.1, 0.15) is 27.9 Å². The van der Waals surface area contributed by atoms with Gasteiger partial charge >= 0.3 is 5.97 Å². The van der Waals surface area contributed by atoms with Crippen LogP contribution >= 0.6 is 15.9 Å². The highest BCUT2D eigenvalue weighted by molar-refractivity contribution is 9.10. The highest BCUT2D eigenvalue weighted by Gasteiger charge is 2.16. The van der Waals surface area contributed by atoms with Gasteiger partial charge in [-0.1, -0.05) is 52.3 Å². The second-order valence-electron chi connectivity index (χ2n) is 5.34. The van der Waals surface area contributed by atoms with Crippen LogP contribution in [0.15, 0.2) is 53.0 Å². The first-order chi connectivity index (χ1) is 11.2. The maximum atomic E-state index is 11.9. The van der Waals surface area contributed by atoms with Gasteiger partial charge in [-0.2, -0.15) is 0 Å². The van der Waals surface area contributed by atoms with Crippen molar-refractivity contribution in [2.24, 2.45) is 0 Å². The number of aryl methyl sites for hydroxylation is 1. The minimum atomic E-state index is -0.304. The molecule has 122 valence electrons. The van der Waals surface area contributed by atoms with Crippen LogP contribution < -0.4 is 0 Å². The molecule has 0 saturated heterocycles. The molecule has 0 fully saturated rings. The SMILES string of the molecule is COC(=O)c1ccccc1CC(CCc1ccccc1Br)OC. The first-order valence-electron chi connectivity index (χ1n) is 7.58. The fourth-order valence-electron chi connectivity index (χ4n) is 2.57. The molecule has 2 rings (SSSR count). The van der Waals surface area contributed by atoms with Gasteiger partial charge in [0, 0.05) is 11.6 Å². The second kappa shape index (κ2) is 8.85. The van der Waals surface area contributed by atoms with Crippen LogP contribution in [0, 0.1) is 0 Å². The van der Waals surface area contributed by atoms with Crippen molar-refractivity contribution in [2.75, 3.05) is 14.2 Å². The summed E-state index contributed by atoms with van der Waals surface area (Å²) in [4.78, 5) is 11.9. The predicted octanol–water partition coefficient (Wildman–Crippen LogP) is 4.43. The molecule has 0 heterocycles. The van der Waals surface area contributed by atoms with Crippen molar-refractivity contribution in [1.82, 2.24) is 0 Å². The lowest BCUT2D eigenvalue weighted by Gasteiger charge is -2.17. The Morgan fingerprint density at radius 1 is 1.04 bits per heavy atom. The van der Waals surface area contributed by atoms with Crippen LogP contribution in [0.5, 0.6) is 0 Å². The lowest BCUT2D eigenvalue weighted by molar-refractivity contribution is 0.0596. The van der Waals surface area contributed by atoms with E-state index in [9.17, 15) is 4.79 Å². The first kappa shape index (κ1) is 17.7. The predicted molar refractivity (Wildman–Crippen MR) is 94.7 cm³/mol. The van der Waals surface area contributed by atoms with Crippen molar-refractivity contribution in [3.8, 4) is 0 Å². The molecule has 1 atom stereocenters. The number of hydrogen-bond acceptors (Lipinski definition) is 3. The molecule has 0 N–H and O–H groups in total. The molecule has 0 radical (unpaired) electrons. The summed E-state index contributed by atoms with van der Waals surface area (Å²) in [5.41, 5.74) is 2.83. The fraction of sp³-hybridized carbons (Fsp3) is 0.316. The Balaban J connectivity index is 2.05. The third-order valence-electron chi connectivity index (χ3n) is 3.90. The lowest BCUT2D eigenvalue weighted by atomic mass is 9.97. The van der Waals surface area contributed by atoms with Gasteiger partial charge in [0.05, 0.1) is 18.8 Å². The van der Waals surface area contributed by atoms with Crippen LogP contribution in [0.4, 0.5) is 0 Å². The number of methoxy groups -OCH3 is 2. The molecule has 0 aromatic heterocycles. The van der Waals surface area contributed by atoms with E-state index in [0.29, 0.717) is 12.0 Å². The van der Waals surface area contributed by atoms with Crippen LogP contribution in [0.25, 0.3) is 0 Å². The molecule has 0 amide bonds. The maximum Gasteiger partial charge on any atom is 0.338 e. The molecule has 2 aromatic rings. The Kier molecular flexibility index (Phi) is 6.81. The van der Waals surface area contributed by atoms with Gasteiger partial charge in [-0.3, -0.25) is 0 Å². The Bertz CT molecular complexity index is 655. The Hall–Kier alpha value is -1.65. The molecule has 4 heteroatoms. The molecule has 0 saturated carbocycles. The summed E-state index contributed by atoms with van der Waals surface area (Å²) in [6, 6.07) is 15.7. The summed E-state index contributed by atoms with van der Waals surface area (Å²) in [6.07, 6.45) is 2.54. The third kappa shape index (κ3) is 4.91. The van der Waals surface area contributed by atoms with Crippen LogP contribution in [0.2, 0.25) is 0 Å². The Morgan fingerprint density at radius 2 is 1.70 bits per heavy atom. The van der Waals surface area contributed by atoms with Crippen molar-refractivity contribution in [1.29, 1.82) is 0 Å².